The fourth-order valence-corrected chi connectivity index (χ4v) is 3.65. The van der Waals surface area contributed by atoms with Gasteiger partial charge in [0.1, 0.15) is 5.70 Å². The summed E-state index contributed by atoms with van der Waals surface area (Å²) in [5.41, 5.74) is 0.754. The van der Waals surface area contributed by atoms with Gasteiger partial charge in [-0.25, -0.2) is 4.79 Å². The molecule has 1 aromatic rings. The molecule has 0 radical (unpaired) electrons. The van der Waals surface area contributed by atoms with E-state index >= 15 is 0 Å². The molecule has 0 saturated carbocycles. The van der Waals surface area contributed by atoms with E-state index < -0.39 is 23.9 Å². The third kappa shape index (κ3) is 2.68. The fraction of sp³-hybridized carbons (Fsp3) is 0.412. The first kappa shape index (κ1) is 17.1. The predicted molar refractivity (Wildman–Crippen MR) is 86.2 cm³/mol. The number of fused-ring (bicyclic) bond motifs is 1. The van der Waals surface area contributed by atoms with Gasteiger partial charge in [-0.2, -0.15) is 0 Å². The number of β-lactam (4-membered cyclic amide) rings is 1. The molecular formula is C17H19N3O5. The minimum Gasteiger partial charge on any atom is -0.477 e. The van der Waals surface area contributed by atoms with Crippen molar-refractivity contribution in [2.45, 2.75) is 26.0 Å². The molecule has 0 aliphatic carbocycles. The minimum atomic E-state index is -1.21. The molecule has 1 aromatic heterocycles. The molecule has 3 rings (SSSR count). The van der Waals surface area contributed by atoms with E-state index in [1.165, 1.54) is 18.0 Å². The fourth-order valence-electron chi connectivity index (χ4n) is 3.65. The zero-order valence-electron chi connectivity index (χ0n) is 13.8. The molecule has 4 atom stereocenters. The molecule has 132 valence electrons. The van der Waals surface area contributed by atoms with Crippen molar-refractivity contribution in [2.24, 2.45) is 11.8 Å². The third-order valence-corrected chi connectivity index (χ3v) is 4.88. The summed E-state index contributed by atoms with van der Waals surface area (Å²) >= 11 is 0. The lowest BCUT2D eigenvalue weighted by molar-refractivity contribution is -0.163. The number of amides is 2. The first-order valence-corrected chi connectivity index (χ1v) is 8.00. The van der Waals surface area contributed by atoms with Crippen molar-refractivity contribution in [3.05, 3.63) is 41.4 Å². The van der Waals surface area contributed by atoms with Gasteiger partial charge in [-0.15, -0.1) is 0 Å². The molecule has 3 N–H and O–H groups in total. The number of carboxylic acid groups (broad SMARTS) is 1. The number of hydrogen-bond acceptors (Lipinski definition) is 5. The van der Waals surface area contributed by atoms with Crippen molar-refractivity contribution in [3.63, 3.8) is 0 Å². The summed E-state index contributed by atoms with van der Waals surface area (Å²) in [5, 5.41) is 22.0. The highest BCUT2D eigenvalue weighted by molar-refractivity contribution is 6.00. The summed E-state index contributed by atoms with van der Waals surface area (Å²) in [7, 11) is 0. The van der Waals surface area contributed by atoms with Crippen LogP contribution >= 0.6 is 0 Å². The molecule has 1 saturated heterocycles. The van der Waals surface area contributed by atoms with Gasteiger partial charge in [0.2, 0.25) is 5.91 Å². The molecule has 2 amide bonds. The summed E-state index contributed by atoms with van der Waals surface area (Å²) in [5.74, 6) is -2.85. The highest BCUT2D eigenvalue weighted by Gasteiger charge is 2.59. The second-order valence-electron chi connectivity index (χ2n) is 6.36. The Kier molecular flexibility index (Phi) is 4.30. The molecule has 0 aromatic carbocycles. The Bertz CT molecular complexity index is 759. The Labute approximate surface area is 144 Å². The minimum absolute atomic E-state index is 0.0172. The van der Waals surface area contributed by atoms with Crippen LogP contribution in [0.3, 0.4) is 0 Å². The van der Waals surface area contributed by atoms with Crippen molar-refractivity contribution in [1.82, 2.24) is 15.2 Å². The number of nitrogens with one attached hydrogen (secondary N) is 1. The van der Waals surface area contributed by atoms with Crippen LogP contribution < -0.4 is 5.32 Å². The van der Waals surface area contributed by atoms with Gasteiger partial charge >= 0.3 is 5.97 Å². The maximum Gasteiger partial charge on any atom is 0.352 e. The number of hydrogen-bond donors (Lipinski definition) is 3. The van der Waals surface area contributed by atoms with Crippen LogP contribution in [0.5, 0.6) is 0 Å². The Morgan fingerprint density at radius 1 is 1.44 bits per heavy atom. The van der Waals surface area contributed by atoms with E-state index in [1.54, 1.807) is 25.3 Å². The lowest BCUT2D eigenvalue weighted by atomic mass is 9.78. The van der Waals surface area contributed by atoms with Gasteiger partial charge in [0.15, 0.2) is 0 Å². The average molecular weight is 345 g/mol. The van der Waals surface area contributed by atoms with Crippen molar-refractivity contribution in [1.29, 1.82) is 0 Å². The van der Waals surface area contributed by atoms with Crippen molar-refractivity contribution >= 4 is 17.8 Å². The molecule has 8 nitrogen and oxygen atoms in total. The van der Waals surface area contributed by atoms with Gasteiger partial charge < -0.3 is 20.4 Å². The molecule has 8 heteroatoms. The number of rotatable bonds is 5. The summed E-state index contributed by atoms with van der Waals surface area (Å²) in [4.78, 5) is 41.1. The first-order chi connectivity index (χ1) is 11.8. The summed E-state index contributed by atoms with van der Waals surface area (Å²) < 4.78 is 0. The maximum atomic E-state index is 12.2. The van der Waals surface area contributed by atoms with Gasteiger partial charge in [0.05, 0.1) is 23.6 Å². The van der Waals surface area contributed by atoms with Crippen LogP contribution in [0.2, 0.25) is 0 Å². The summed E-state index contributed by atoms with van der Waals surface area (Å²) in [6, 6.07) is 2.85. The Balaban J connectivity index is 1.81. The Morgan fingerprint density at radius 2 is 2.16 bits per heavy atom. The molecule has 0 spiro atoms. The lowest BCUT2D eigenvalue weighted by Crippen LogP contribution is -2.63. The molecule has 0 unspecified atom stereocenters. The van der Waals surface area contributed by atoms with E-state index in [9.17, 15) is 24.6 Å². The molecule has 2 aliphatic rings. The highest BCUT2D eigenvalue weighted by Crippen LogP contribution is 2.46. The lowest BCUT2D eigenvalue weighted by Gasteiger charge is -2.46. The van der Waals surface area contributed by atoms with Crippen LogP contribution in [0.25, 0.3) is 0 Å². The molecule has 0 bridgehead atoms. The number of aliphatic hydroxyl groups excluding tert-OH is 1. The number of carbonyl (C=O) groups excluding carboxylic acids is 2. The standard InChI is InChI=1S/C17H19N3O5/c1-8-11(7-19-15(22)10-4-3-5-18-6-10)14(17(24)25)20-13(8)12(9(2)21)16(20)23/h3-6,8-9,12-13,21H,7H2,1-2H3,(H,19,22)(H,24,25)/t8-,9+,12+,13+/m0/s1. The van der Waals surface area contributed by atoms with Gasteiger partial charge in [0, 0.05) is 24.9 Å². The third-order valence-electron chi connectivity index (χ3n) is 4.88. The van der Waals surface area contributed by atoms with Gasteiger partial charge in [-0.1, -0.05) is 6.92 Å². The zero-order valence-corrected chi connectivity index (χ0v) is 13.8. The summed E-state index contributed by atoms with van der Waals surface area (Å²) in [6.07, 6.45) is 2.11. The van der Waals surface area contributed by atoms with E-state index in [0.717, 1.165) is 0 Å². The largest absolute Gasteiger partial charge is 0.477 e. The van der Waals surface area contributed by atoms with E-state index in [2.05, 4.69) is 10.3 Å². The average Bonchev–Trinajstić information content (AvgIpc) is 2.82. The van der Waals surface area contributed by atoms with Crippen LogP contribution in [0.1, 0.15) is 24.2 Å². The smallest absolute Gasteiger partial charge is 0.352 e. The number of nitrogens with zero attached hydrogens (tertiary/aromatic N) is 2. The second-order valence-corrected chi connectivity index (χ2v) is 6.36. The van der Waals surface area contributed by atoms with E-state index in [0.29, 0.717) is 11.1 Å². The van der Waals surface area contributed by atoms with Gasteiger partial charge in [0.25, 0.3) is 5.91 Å². The topological polar surface area (TPSA) is 120 Å². The number of aromatic nitrogens is 1. The molecule has 1 fully saturated rings. The number of aliphatic hydroxyl groups is 1. The second kappa shape index (κ2) is 6.29. The van der Waals surface area contributed by atoms with E-state index in [-0.39, 0.29) is 30.1 Å². The Hall–Kier alpha value is -2.74. The maximum absolute atomic E-state index is 12.2. The number of pyridine rings is 1. The van der Waals surface area contributed by atoms with Crippen LogP contribution in [0, 0.1) is 11.8 Å². The number of carboxylic acids is 1. The molecule has 3 heterocycles. The Morgan fingerprint density at radius 3 is 2.72 bits per heavy atom. The number of aliphatic carboxylic acids is 1. The number of carbonyl (C=O) groups is 3. The SMILES string of the molecule is C[C@@H](O)[C@H]1C(=O)N2C(C(=O)O)=C(CNC(=O)c3cccnc3)[C@H](C)[C@H]12. The summed E-state index contributed by atoms with van der Waals surface area (Å²) in [6.45, 7) is 3.35. The first-order valence-electron chi connectivity index (χ1n) is 8.00. The quantitative estimate of drug-likeness (QED) is 0.647. The van der Waals surface area contributed by atoms with Gasteiger partial charge in [-0.05, 0) is 24.6 Å². The van der Waals surface area contributed by atoms with Crippen molar-refractivity contribution < 1.29 is 24.6 Å². The van der Waals surface area contributed by atoms with Gasteiger partial charge in [-0.3, -0.25) is 14.6 Å². The van der Waals surface area contributed by atoms with Crippen LogP contribution in [0.4, 0.5) is 0 Å². The molecule has 25 heavy (non-hydrogen) atoms. The normalized spacial score (nSPS) is 26.1. The highest BCUT2D eigenvalue weighted by atomic mass is 16.4. The van der Waals surface area contributed by atoms with Crippen molar-refractivity contribution in [2.75, 3.05) is 6.54 Å². The molecular weight excluding hydrogens is 326 g/mol. The van der Waals surface area contributed by atoms with E-state index in [4.69, 9.17) is 0 Å². The monoisotopic (exact) mass is 345 g/mol. The predicted octanol–water partition coefficient (Wildman–Crippen LogP) is 0.00760. The van der Waals surface area contributed by atoms with E-state index in [1.807, 2.05) is 0 Å². The molecule has 2 aliphatic heterocycles. The van der Waals surface area contributed by atoms with Crippen molar-refractivity contribution in [3.8, 4) is 0 Å². The van der Waals surface area contributed by atoms with Crippen LogP contribution in [-0.4, -0.2) is 56.6 Å². The van der Waals surface area contributed by atoms with Crippen LogP contribution in [-0.2, 0) is 9.59 Å². The van der Waals surface area contributed by atoms with Crippen LogP contribution in [0.15, 0.2) is 35.8 Å². The zero-order chi connectivity index (χ0) is 18.3.